The molecule has 3 heterocycles. The van der Waals surface area contributed by atoms with Crippen molar-refractivity contribution in [1.29, 1.82) is 0 Å². The van der Waals surface area contributed by atoms with Crippen LogP contribution in [-0.2, 0) is 21.2 Å². The summed E-state index contributed by atoms with van der Waals surface area (Å²) in [7, 11) is -3.13. The average Bonchev–Trinajstić information content (AvgIpc) is 3.39. The van der Waals surface area contributed by atoms with Crippen molar-refractivity contribution in [1.82, 2.24) is 4.90 Å². The zero-order valence-electron chi connectivity index (χ0n) is 18.9. The van der Waals surface area contributed by atoms with E-state index < -0.39 is 9.84 Å². The second kappa shape index (κ2) is 9.57. The molecule has 4 rings (SSSR count). The molecule has 1 atom stereocenters. The lowest BCUT2D eigenvalue weighted by molar-refractivity contribution is -0.136. The largest absolute Gasteiger partial charge is 0.483 e. The maximum Gasteiger partial charge on any atom is 0.261 e. The Kier molecular flexibility index (Phi) is 6.79. The van der Waals surface area contributed by atoms with E-state index in [9.17, 15) is 13.2 Å². The number of aryl methyl sites for hydroxylation is 1. The average molecular weight is 461 g/mol. The van der Waals surface area contributed by atoms with Crippen LogP contribution in [0.4, 0.5) is 5.88 Å². The van der Waals surface area contributed by atoms with E-state index in [1.807, 2.05) is 44.2 Å². The molecule has 0 saturated carbocycles. The van der Waals surface area contributed by atoms with Gasteiger partial charge >= 0.3 is 0 Å². The van der Waals surface area contributed by atoms with Crippen molar-refractivity contribution in [2.75, 3.05) is 36.1 Å². The van der Waals surface area contributed by atoms with Crippen LogP contribution in [0.1, 0.15) is 42.6 Å². The van der Waals surface area contributed by atoms with E-state index in [0.29, 0.717) is 17.9 Å². The summed E-state index contributed by atoms with van der Waals surface area (Å²) in [5, 5.41) is 0. The van der Waals surface area contributed by atoms with E-state index in [2.05, 4.69) is 4.90 Å². The third-order valence-electron chi connectivity index (χ3n) is 6.52. The van der Waals surface area contributed by atoms with Crippen molar-refractivity contribution >= 4 is 21.6 Å². The molecule has 7 nitrogen and oxygen atoms in total. The van der Waals surface area contributed by atoms with Gasteiger partial charge in [0.05, 0.1) is 18.1 Å². The van der Waals surface area contributed by atoms with Gasteiger partial charge in [0.2, 0.25) is 0 Å². The Morgan fingerprint density at radius 3 is 2.66 bits per heavy atom. The quantitative estimate of drug-likeness (QED) is 0.629. The Morgan fingerprint density at radius 2 is 1.94 bits per heavy atom. The molecule has 2 saturated heterocycles. The summed E-state index contributed by atoms with van der Waals surface area (Å²) < 4.78 is 36.1. The van der Waals surface area contributed by atoms with Crippen molar-refractivity contribution in [2.24, 2.45) is 0 Å². The first-order valence-corrected chi connectivity index (χ1v) is 13.2. The van der Waals surface area contributed by atoms with Crippen molar-refractivity contribution in [3.05, 3.63) is 47.2 Å². The molecular formula is C24H32N2O5S. The number of hydrogen-bond donors (Lipinski definition) is 0. The molecule has 2 aliphatic heterocycles. The fourth-order valence-electron chi connectivity index (χ4n) is 4.45. The van der Waals surface area contributed by atoms with Gasteiger partial charge in [-0.1, -0.05) is 12.1 Å². The Hall–Kier alpha value is -2.48. The van der Waals surface area contributed by atoms with Crippen LogP contribution in [0.3, 0.4) is 0 Å². The van der Waals surface area contributed by atoms with Crippen LogP contribution in [0.5, 0.6) is 5.75 Å². The van der Waals surface area contributed by atoms with Crippen LogP contribution in [0.2, 0.25) is 0 Å². The molecule has 1 aromatic carbocycles. The first-order chi connectivity index (χ1) is 15.3. The molecule has 1 aromatic heterocycles. The van der Waals surface area contributed by atoms with Gasteiger partial charge in [-0.25, -0.2) is 8.42 Å². The second-order valence-corrected chi connectivity index (χ2v) is 11.1. The van der Waals surface area contributed by atoms with Crippen LogP contribution in [0, 0.1) is 13.8 Å². The molecule has 2 aliphatic rings. The highest BCUT2D eigenvalue weighted by Gasteiger charge is 2.35. The van der Waals surface area contributed by atoms with Gasteiger partial charge in [0, 0.05) is 25.2 Å². The van der Waals surface area contributed by atoms with Crippen molar-refractivity contribution in [2.45, 2.75) is 52.1 Å². The number of nitrogens with zero attached hydrogens (tertiary/aromatic N) is 2. The van der Waals surface area contributed by atoms with Crippen LogP contribution in [0.25, 0.3) is 0 Å². The maximum atomic E-state index is 13.2. The smallest absolute Gasteiger partial charge is 0.261 e. The minimum atomic E-state index is -3.13. The monoisotopic (exact) mass is 460 g/mol. The van der Waals surface area contributed by atoms with Gasteiger partial charge in [-0.2, -0.15) is 0 Å². The molecule has 2 aromatic rings. The van der Waals surface area contributed by atoms with Crippen LogP contribution in [-0.4, -0.2) is 56.5 Å². The maximum absolute atomic E-state index is 13.2. The number of carbonyl (C=O) groups excluding carboxylic acids is 1. The number of piperidine rings is 1. The molecule has 8 heteroatoms. The lowest BCUT2D eigenvalue weighted by Crippen LogP contribution is -2.43. The van der Waals surface area contributed by atoms with Crippen LogP contribution in [0.15, 0.2) is 34.7 Å². The highest BCUT2D eigenvalue weighted by Crippen LogP contribution is 2.26. The van der Waals surface area contributed by atoms with Gasteiger partial charge in [0.1, 0.15) is 11.5 Å². The first kappa shape index (κ1) is 22.7. The van der Waals surface area contributed by atoms with Crippen LogP contribution >= 0.6 is 0 Å². The molecule has 32 heavy (non-hydrogen) atoms. The third-order valence-corrected chi connectivity index (χ3v) is 8.27. The highest BCUT2D eigenvalue weighted by molar-refractivity contribution is 7.91. The number of furan rings is 1. The molecule has 2 fully saturated rings. The summed E-state index contributed by atoms with van der Waals surface area (Å²) in [6, 6.07) is 9.21. The first-order valence-electron chi connectivity index (χ1n) is 11.3. The standard InChI is InChI=1S/C24H32N2O5S/c1-18-7-6-8-22(19(18)2)30-16-23(27)26(20-11-14-32(28,29)17-20)15-21-9-10-24(31-21)25-12-4-3-5-13-25/h6-10,20H,3-5,11-17H2,1-2H3. The van der Waals surface area contributed by atoms with E-state index in [0.717, 1.165) is 42.9 Å². The SMILES string of the molecule is Cc1cccc(OCC(=O)N(Cc2ccc(N3CCCCC3)o2)C2CCS(=O)(=O)C2)c1C. The number of rotatable bonds is 7. The lowest BCUT2D eigenvalue weighted by Gasteiger charge is -2.28. The van der Waals surface area contributed by atoms with Crippen molar-refractivity contribution in [3.63, 3.8) is 0 Å². The molecular weight excluding hydrogens is 428 g/mol. The normalized spacial score (nSPS) is 20.3. The number of carbonyl (C=O) groups is 1. The number of ether oxygens (including phenoxy) is 1. The Morgan fingerprint density at radius 1 is 1.16 bits per heavy atom. The Balaban J connectivity index is 1.48. The number of anilines is 1. The Labute approximate surface area is 190 Å². The van der Waals surface area contributed by atoms with Crippen molar-refractivity contribution in [3.8, 4) is 5.75 Å². The van der Waals surface area contributed by atoms with Crippen LogP contribution < -0.4 is 9.64 Å². The molecule has 0 bridgehead atoms. The van der Waals surface area contributed by atoms with Gasteiger partial charge in [-0.15, -0.1) is 0 Å². The van der Waals surface area contributed by atoms with E-state index in [1.54, 1.807) is 4.90 Å². The minimum absolute atomic E-state index is 0.0120. The summed E-state index contributed by atoms with van der Waals surface area (Å²) in [4.78, 5) is 17.0. The van der Waals surface area contributed by atoms with Gasteiger partial charge < -0.3 is 19.0 Å². The van der Waals surface area contributed by atoms with E-state index >= 15 is 0 Å². The van der Waals surface area contributed by atoms with Gasteiger partial charge in [-0.3, -0.25) is 4.79 Å². The predicted molar refractivity (Wildman–Crippen MR) is 124 cm³/mol. The summed E-state index contributed by atoms with van der Waals surface area (Å²) in [5.41, 5.74) is 2.09. The summed E-state index contributed by atoms with van der Waals surface area (Å²) >= 11 is 0. The molecule has 0 N–H and O–H groups in total. The molecule has 1 amide bonds. The van der Waals surface area contributed by atoms with Gasteiger partial charge in [0.15, 0.2) is 22.3 Å². The summed E-state index contributed by atoms with van der Waals surface area (Å²) in [6.07, 6.45) is 3.98. The summed E-state index contributed by atoms with van der Waals surface area (Å²) in [6.45, 7) is 6.00. The number of benzene rings is 1. The fourth-order valence-corrected chi connectivity index (χ4v) is 6.18. The lowest BCUT2D eigenvalue weighted by atomic mass is 10.1. The third kappa shape index (κ3) is 5.28. The van der Waals surface area contributed by atoms with Gasteiger partial charge in [-0.05, 0) is 62.8 Å². The molecule has 174 valence electrons. The highest BCUT2D eigenvalue weighted by atomic mass is 32.2. The zero-order valence-corrected chi connectivity index (χ0v) is 19.7. The minimum Gasteiger partial charge on any atom is -0.483 e. The van der Waals surface area contributed by atoms with Crippen molar-refractivity contribution < 1.29 is 22.4 Å². The summed E-state index contributed by atoms with van der Waals surface area (Å²) in [5.74, 6) is 2.01. The topological polar surface area (TPSA) is 80.1 Å². The molecule has 0 aliphatic carbocycles. The second-order valence-electron chi connectivity index (χ2n) is 8.85. The zero-order chi connectivity index (χ0) is 22.7. The number of sulfone groups is 1. The number of amides is 1. The van der Waals surface area contributed by atoms with E-state index in [-0.39, 0.29) is 36.6 Å². The predicted octanol–water partition coefficient (Wildman–Crippen LogP) is 3.48. The molecule has 0 spiro atoms. The van der Waals surface area contributed by atoms with Gasteiger partial charge in [0.25, 0.3) is 5.91 Å². The Bertz CT molecular complexity index is 1060. The van der Waals surface area contributed by atoms with E-state index in [1.165, 1.54) is 6.42 Å². The number of hydrogen-bond acceptors (Lipinski definition) is 6. The molecule has 1 unspecified atom stereocenters. The molecule has 0 radical (unpaired) electrons. The van der Waals surface area contributed by atoms with E-state index in [4.69, 9.17) is 9.15 Å². The fraction of sp³-hybridized carbons (Fsp3) is 0.542.